The summed E-state index contributed by atoms with van der Waals surface area (Å²) < 4.78 is 7.63. The van der Waals surface area contributed by atoms with Crippen LogP contribution in [0, 0.1) is 6.92 Å². The van der Waals surface area contributed by atoms with Gasteiger partial charge in [-0.1, -0.05) is 41.9 Å². The number of carbonyl (C=O) groups excluding carboxylic acids is 1. The molecule has 1 amide bonds. The molecule has 1 aliphatic rings. The fraction of sp³-hybridized carbons (Fsp3) is 0.412. The van der Waals surface area contributed by atoms with Crippen LogP contribution in [0.5, 0.6) is 0 Å². The Morgan fingerprint density at radius 3 is 2.78 bits per heavy atom. The molecule has 0 spiro atoms. The van der Waals surface area contributed by atoms with Gasteiger partial charge in [0.2, 0.25) is 0 Å². The summed E-state index contributed by atoms with van der Waals surface area (Å²) in [5.41, 5.74) is 2.23. The molecule has 23 heavy (non-hydrogen) atoms. The zero-order valence-electron chi connectivity index (χ0n) is 13.3. The largest absolute Gasteiger partial charge is 0.368 e. The van der Waals surface area contributed by atoms with Gasteiger partial charge in [0.25, 0.3) is 5.91 Å². The Hall–Kier alpha value is -1.85. The minimum atomic E-state index is -0.259. The van der Waals surface area contributed by atoms with Crippen molar-refractivity contribution in [2.75, 3.05) is 6.54 Å². The Balaban J connectivity index is 1.55. The summed E-state index contributed by atoms with van der Waals surface area (Å²) in [4.78, 5) is 12.2. The van der Waals surface area contributed by atoms with Crippen LogP contribution in [0.4, 0.5) is 0 Å². The number of amides is 1. The molecule has 2 atom stereocenters. The van der Waals surface area contributed by atoms with Gasteiger partial charge in [0.15, 0.2) is 5.69 Å². The van der Waals surface area contributed by atoms with Crippen molar-refractivity contribution >= 4 is 17.5 Å². The van der Waals surface area contributed by atoms with Crippen LogP contribution < -0.4 is 5.32 Å². The highest BCUT2D eigenvalue weighted by molar-refractivity contribution is 6.34. The average molecular weight is 334 g/mol. The summed E-state index contributed by atoms with van der Waals surface area (Å²) in [6.07, 6.45) is 2.02. The topological polar surface area (TPSA) is 56.1 Å². The molecule has 0 saturated carbocycles. The van der Waals surface area contributed by atoms with E-state index < -0.39 is 0 Å². The van der Waals surface area contributed by atoms with Gasteiger partial charge in [-0.15, -0.1) is 0 Å². The molecular weight excluding hydrogens is 314 g/mol. The summed E-state index contributed by atoms with van der Waals surface area (Å²) in [6.45, 7) is 2.30. The summed E-state index contributed by atoms with van der Waals surface area (Å²) in [5, 5.41) is 7.42. The predicted octanol–water partition coefficient (Wildman–Crippen LogP) is 3.03. The van der Waals surface area contributed by atoms with Crippen LogP contribution in [0.3, 0.4) is 0 Å². The molecule has 2 heterocycles. The quantitative estimate of drug-likeness (QED) is 0.935. The lowest BCUT2D eigenvalue weighted by Crippen LogP contribution is -2.32. The smallest absolute Gasteiger partial charge is 0.273 e. The lowest BCUT2D eigenvalue weighted by Gasteiger charge is -2.14. The lowest BCUT2D eigenvalue weighted by atomic mass is 10.1. The Bertz CT molecular complexity index is 699. The van der Waals surface area contributed by atoms with Crippen molar-refractivity contribution in [3.05, 3.63) is 52.3 Å². The van der Waals surface area contributed by atoms with E-state index in [9.17, 15) is 4.79 Å². The van der Waals surface area contributed by atoms with E-state index in [0.717, 1.165) is 18.5 Å². The first-order chi connectivity index (χ1) is 11.1. The fourth-order valence-corrected chi connectivity index (χ4v) is 3.03. The molecule has 0 aliphatic carbocycles. The van der Waals surface area contributed by atoms with Crippen molar-refractivity contribution < 1.29 is 9.53 Å². The second-order valence-corrected chi connectivity index (χ2v) is 6.19. The average Bonchev–Trinajstić information content (AvgIpc) is 3.14. The molecule has 1 aliphatic heterocycles. The predicted molar refractivity (Wildman–Crippen MR) is 88.6 cm³/mol. The molecule has 1 aromatic heterocycles. The standard InChI is InChI=1S/C17H20ClN3O2/c1-11-15(18)16(20-21(11)2)17(22)19-10-13-8-9-14(23-13)12-6-4-3-5-7-12/h3-7,13-14H,8-10H2,1-2H3,(H,19,22)/t13-,14+/m1/s1. The third kappa shape index (κ3) is 3.41. The number of hydrogen-bond donors (Lipinski definition) is 1. The highest BCUT2D eigenvalue weighted by atomic mass is 35.5. The van der Waals surface area contributed by atoms with Gasteiger partial charge in [0, 0.05) is 13.6 Å². The number of nitrogens with one attached hydrogen (secondary N) is 1. The van der Waals surface area contributed by atoms with E-state index in [1.54, 1.807) is 11.7 Å². The van der Waals surface area contributed by atoms with Gasteiger partial charge < -0.3 is 10.1 Å². The number of ether oxygens (including phenoxy) is 1. The maximum Gasteiger partial charge on any atom is 0.273 e. The molecular formula is C17H20ClN3O2. The van der Waals surface area contributed by atoms with Crippen LogP contribution in [0.25, 0.3) is 0 Å². The third-order valence-corrected chi connectivity index (χ3v) is 4.70. The summed E-state index contributed by atoms with van der Waals surface area (Å²) in [5.74, 6) is -0.259. The van der Waals surface area contributed by atoms with E-state index in [0.29, 0.717) is 11.6 Å². The highest BCUT2D eigenvalue weighted by Gasteiger charge is 2.27. The minimum Gasteiger partial charge on any atom is -0.368 e. The van der Waals surface area contributed by atoms with Crippen molar-refractivity contribution in [3.8, 4) is 0 Å². The van der Waals surface area contributed by atoms with Gasteiger partial charge in [-0.05, 0) is 25.3 Å². The second-order valence-electron chi connectivity index (χ2n) is 5.82. The number of benzene rings is 1. The van der Waals surface area contributed by atoms with Crippen LogP contribution in [0.15, 0.2) is 30.3 Å². The van der Waals surface area contributed by atoms with Crippen LogP contribution in [0.1, 0.15) is 40.7 Å². The van der Waals surface area contributed by atoms with Crippen molar-refractivity contribution in [1.82, 2.24) is 15.1 Å². The van der Waals surface area contributed by atoms with Gasteiger partial charge in [-0.25, -0.2) is 0 Å². The van der Waals surface area contributed by atoms with Gasteiger partial charge in [-0.3, -0.25) is 9.48 Å². The van der Waals surface area contributed by atoms with Crippen molar-refractivity contribution in [2.24, 2.45) is 7.05 Å². The molecule has 2 aromatic rings. The first-order valence-electron chi connectivity index (χ1n) is 7.74. The zero-order chi connectivity index (χ0) is 16.4. The van der Waals surface area contributed by atoms with E-state index in [4.69, 9.17) is 16.3 Å². The van der Waals surface area contributed by atoms with E-state index in [1.165, 1.54) is 5.56 Å². The lowest BCUT2D eigenvalue weighted by molar-refractivity contribution is 0.0435. The van der Waals surface area contributed by atoms with Crippen LogP contribution >= 0.6 is 11.6 Å². The molecule has 0 bridgehead atoms. The molecule has 6 heteroatoms. The summed E-state index contributed by atoms with van der Waals surface area (Å²) in [7, 11) is 1.77. The van der Waals surface area contributed by atoms with Crippen LogP contribution in [-0.2, 0) is 11.8 Å². The van der Waals surface area contributed by atoms with Gasteiger partial charge >= 0.3 is 0 Å². The summed E-state index contributed by atoms with van der Waals surface area (Å²) >= 11 is 6.13. The molecule has 3 rings (SSSR count). The number of halogens is 1. The van der Waals surface area contributed by atoms with E-state index in [-0.39, 0.29) is 23.8 Å². The molecule has 0 unspecified atom stereocenters. The number of hydrogen-bond acceptors (Lipinski definition) is 3. The molecule has 1 aromatic carbocycles. The van der Waals surface area contributed by atoms with Crippen LogP contribution in [-0.4, -0.2) is 28.3 Å². The Morgan fingerprint density at radius 1 is 1.39 bits per heavy atom. The van der Waals surface area contributed by atoms with Gasteiger partial charge in [0.1, 0.15) is 0 Å². The van der Waals surface area contributed by atoms with E-state index in [2.05, 4.69) is 22.5 Å². The number of rotatable bonds is 4. The van der Waals surface area contributed by atoms with Crippen LogP contribution in [0.2, 0.25) is 5.02 Å². The molecule has 0 radical (unpaired) electrons. The number of aromatic nitrogens is 2. The Kier molecular flexibility index (Phi) is 4.68. The van der Waals surface area contributed by atoms with Crippen molar-refractivity contribution in [1.29, 1.82) is 0 Å². The van der Waals surface area contributed by atoms with E-state index >= 15 is 0 Å². The minimum absolute atomic E-state index is 0.0211. The molecule has 1 fully saturated rings. The number of nitrogens with zero attached hydrogens (tertiary/aromatic N) is 2. The monoisotopic (exact) mass is 333 g/mol. The Labute approximate surface area is 140 Å². The Morgan fingerprint density at radius 2 is 2.13 bits per heavy atom. The fourth-order valence-electron chi connectivity index (χ4n) is 2.79. The first-order valence-corrected chi connectivity index (χ1v) is 8.11. The zero-order valence-corrected chi connectivity index (χ0v) is 14.0. The highest BCUT2D eigenvalue weighted by Crippen LogP contribution is 2.32. The number of aryl methyl sites for hydroxylation is 1. The normalized spacial score (nSPS) is 20.7. The van der Waals surface area contributed by atoms with Gasteiger partial charge in [-0.2, -0.15) is 5.10 Å². The van der Waals surface area contributed by atoms with Gasteiger partial charge in [0.05, 0.1) is 22.9 Å². The molecule has 1 saturated heterocycles. The second kappa shape index (κ2) is 6.72. The molecule has 5 nitrogen and oxygen atoms in total. The summed E-state index contributed by atoms with van der Waals surface area (Å²) in [6, 6.07) is 10.2. The van der Waals surface area contributed by atoms with E-state index in [1.807, 2.05) is 25.1 Å². The first kappa shape index (κ1) is 16.0. The van der Waals surface area contributed by atoms with Crippen molar-refractivity contribution in [2.45, 2.75) is 32.0 Å². The molecule has 122 valence electrons. The number of carbonyl (C=O) groups is 1. The van der Waals surface area contributed by atoms with Crippen molar-refractivity contribution in [3.63, 3.8) is 0 Å². The maximum absolute atomic E-state index is 12.2. The molecule has 1 N–H and O–H groups in total. The SMILES string of the molecule is Cc1c(Cl)c(C(=O)NC[C@H]2CC[C@@H](c3ccccc3)O2)nn1C. The third-order valence-electron chi connectivity index (χ3n) is 4.25. The maximum atomic E-state index is 12.2.